The van der Waals surface area contributed by atoms with Crippen LogP contribution in [0.5, 0.6) is 0 Å². The van der Waals surface area contributed by atoms with E-state index in [0.717, 1.165) is 0 Å². The molecule has 0 aromatic rings. The molecule has 0 unspecified atom stereocenters. The van der Waals surface area contributed by atoms with Crippen molar-refractivity contribution < 1.29 is 0 Å². The number of halogens is 1. The van der Waals surface area contributed by atoms with Crippen molar-refractivity contribution in [2.24, 2.45) is 0 Å². The number of rotatable bonds is 2. The first kappa shape index (κ1) is 7.62. The Bertz CT molecular complexity index is 64.7. The van der Waals surface area contributed by atoms with Crippen molar-refractivity contribution >= 4 is 34.8 Å². The van der Waals surface area contributed by atoms with Crippen molar-refractivity contribution in [1.29, 1.82) is 0 Å². The number of hydrogen-bond donors (Lipinski definition) is 0. The number of allylic oxidation sites excluding steroid dienone is 1. The van der Waals surface area contributed by atoms with Crippen LogP contribution in [0, 0.1) is 0 Å². The van der Waals surface area contributed by atoms with Gasteiger partial charge < -0.3 is 0 Å². The SMILES string of the molecule is C/C=C/N(I)SC. The van der Waals surface area contributed by atoms with Gasteiger partial charge in [-0.15, -0.1) is 0 Å². The fraction of sp³-hybridized carbons (Fsp3) is 0.500. The molecule has 0 aromatic carbocycles. The van der Waals surface area contributed by atoms with Crippen LogP contribution < -0.4 is 0 Å². The summed E-state index contributed by atoms with van der Waals surface area (Å²) in [4.78, 5) is 0. The molecule has 0 aliphatic rings. The molecule has 7 heavy (non-hydrogen) atoms. The van der Waals surface area contributed by atoms with Crippen LogP contribution in [0.3, 0.4) is 0 Å². The summed E-state index contributed by atoms with van der Waals surface area (Å²) in [5.41, 5.74) is 0. The monoisotopic (exact) mass is 229 g/mol. The Morgan fingerprint density at radius 3 is 2.43 bits per heavy atom. The smallest absolute Gasteiger partial charge is 0.0706 e. The molecular formula is C4H8INS. The lowest BCUT2D eigenvalue weighted by molar-refractivity contribution is 1.12. The zero-order valence-electron chi connectivity index (χ0n) is 4.39. The van der Waals surface area contributed by atoms with Crippen molar-refractivity contribution in [1.82, 2.24) is 2.52 Å². The third kappa shape index (κ3) is 4.47. The van der Waals surface area contributed by atoms with E-state index in [2.05, 4.69) is 22.9 Å². The van der Waals surface area contributed by atoms with Gasteiger partial charge in [0.2, 0.25) is 0 Å². The minimum Gasteiger partial charge on any atom is -0.265 e. The lowest BCUT2D eigenvalue weighted by atomic mass is 10.7. The highest BCUT2D eigenvalue weighted by Crippen LogP contribution is 2.11. The molecule has 0 atom stereocenters. The van der Waals surface area contributed by atoms with Crippen molar-refractivity contribution in [3.63, 3.8) is 0 Å². The highest BCUT2D eigenvalue weighted by atomic mass is 127. The molecule has 0 aromatic heterocycles. The van der Waals surface area contributed by atoms with Crippen molar-refractivity contribution in [3.05, 3.63) is 12.3 Å². The van der Waals surface area contributed by atoms with E-state index in [1.54, 1.807) is 11.9 Å². The van der Waals surface area contributed by atoms with Crippen LogP contribution in [0.25, 0.3) is 0 Å². The second kappa shape index (κ2) is 4.77. The molecule has 42 valence electrons. The molecule has 0 bridgehead atoms. The summed E-state index contributed by atoms with van der Waals surface area (Å²) < 4.78 is 2.01. The lowest BCUT2D eigenvalue weighted by Crippen LogP contribution is -1.83. The third-order valence-corrected chi connectivity index (χ3v) is 2.41. The van der Waals surface area contributed by atoms with Crippen LogP contribution in [0.1, 0.15) is 6.92 Å². The Morgan fingerprint density at radius 1 is 1.71 bits per heavy atom. The van der Waals surface area contributed by atoms with E-state index in [1.807, 2.05) is 28.0 Å². The second-order valence-electron chi connectivity index (χ2n) is 0.937. The molecule has 3 heteroatoms. The van der Waals surface area contributed by atoms with Gasteiger partial charge in [-0.05, 0) is 18.9 Å². The van der Waals surface area contributed by atoms with Gasteiger partial charge in [0, 0.05) is 12.5 Å². The maximum absolute atomic E-state index is 2.21. The largest absolute Gasteiger partial charge is 0.265 e. The first-order chi connectivity index (χ1) is 3.31. The fourth-order valence-corrected chi connectivity index (χ4v) is 0.743. The quantitative estimate of drug-likeness (QED) is 0.406. The standard InChI is InChI=1S/C4H8INS/c1-3-4-6(5)7-2/h3-4H,1-2H3/b4-3+. The molecule has 0 heterocycles. The van der Waals surface area contributed by atoms with Crippen molar-refractivity contribution in [2.75, 3.05) is 6.26 Å². The van der Waals surface area contributed by atoms with Gasteiger partial charge in [0.25, 0.3) is 0 Å². The zero-order valence-corrected chi connectivity index (χ0v) is 7.36. The zero-order chi connectivity index (χ0) is 5.70. The molecule has 1 nitrogen and oxygen atoms in total. The lowest BCUT2D eigenvalue weighted by Gasteiger charge is -2.01. The maximum Gasteiger partial charge on any atom is 0.0706 e. The molecule has 0 fully saturated rings. The second-order valence-corrected chi connectivity index (χ2v) is 3.39. The molecule has 0 rings (SSSR count). The van der Waals surface area contributed by atoms with E-state index >= 15 is 0 Å². The molecule has 0 saturated carbocycles. The maximum atomic E-state index is 2.21. The first-order valence-electron chi connectivity index (χ1n) is 1.93. The minimum atomic E-state index is 1.68. The molecule has 0 saturated heterocycles. The van der Waals surface area contributed by atoms with Crippen LogP contribution in [0.4, 0.5) is 0 Å². The Hall–Kier alpha value is 0.620. The Labute approximate surface area is 62.8 Å². The van der Waals surface area contributed by atoms with E-state index in [9.17, 15) is 0 Å². The van der Waals surface area contributed by atoms with Gasteiger partial charge in [-0.1, -0.05) is 6.08 Å². The average molecular weight is 229 g/mol. The van der Waals surface area contributed by atoms with E-state index in [1.165, 1.54) is 0 Å². The highest BCUT2D eigenvalue weighted by Gasteiger charge is 1.80. The minimum absolute atomic E-state index is 1.68. The summed E-state index contributed by atoms with van der Waals surface area (Å²) in [7, 11) is 0. The molecule has 0 aliphatic carbocycles. The predicted octanol–water partition coefficient (Wildman–Crippen LogP) is 2.45. The summed E-state index contributed by atoms with van der Waals surface area (Å²) >= 11 is 3.90. The van der Waals surface area contributed by atoms with E-state index in [4.69, 9.17) is 0 Å². The summed E-state index contributed by atoms with van der Waals surface area (Å²) in [5, 5.41) is 0. The van der Waals surface area contributed by atoms with Gasteiger partial charge in [-0.3, -0.25) is 2.52 Å². The molecule has 0 N–H and O–H groups in total. The fourth-order valence-electron chi connectivity index (χ4n) is 0.178. The van der Waals surface area contributed by atoms with Crippen LogP contribution in [-0.2, 0) is 0 Å². The summed E-state index contributed by atoms with van der Waals surface area (Å²) in [6, 6.07) is 0. The molecule has 0 aliphatic heterocycles. The van der Waals surface area contributed by atoms with Gasteiger partial charge in [0.05, 0.1) is 22.9 Å². The van der Waals surface area contributed by atoms with Gasteiger partial charge >= 0.3 is 0 Å². The molecule has 0 amide bonds. The Kier molecular flexibility index (Phi) is 5.19. The van der Waals surface area contributed by atoms with Gasteiger partial charge in [0.1, 0.15) is 0 Å². The third-order valence-electron chi connectivity index (χ3n) is 0.441. The predicted molar refractivity (Wildman–Crippen MR) is 44.2 cm³/mol. The van der Waals surface area contributed by atoms with Gasteiger partial charge in [-0.2, -0.15) is 0 Å². The summed E-state index contributed by atoms with van der Waals surface area (Å²) in [6.45, 7) is 2.00. The first-order valence-corrected chi connectivity index (χ1v) is 4.08. The summed E-state index contributed by atoms with van der Waals surface area (Å²) in [5.74, 6) is 0. The van der Waals surface area contributed by atoms with Crippen LogP contribution >= 0.6 is 34.8 Å². The number of nitrogens with zero attached hydrogens (tertiary/aromatic N) is 1. The molecule has 0 spiro atoms. The van der Waals surface area contributed by atoms with E-state index in [-0.39, 0.29) is 0 Å². The molecular weight excluding hydrogens is 221 g/mol. The average Bonchev–Trinajstić information content (AvgIpc) is 1.68. The Balaban J connectivity index is 3.16. The summed E-state index contributed by atoms with van der Waals surface area (Å²) in [6.07, 6.45) is 6.04. The van der Waals surface area contributed by atoms with Gasteiger partial charge in [0.15, 0.2) is 0 Å². The van der Waals surface area contributed by atoms with Crippen LogP contribution in [0.15, 0.2) is 12.3 Å². The van der Waals surface area contributed by atoms with E-state index in [0.29, 0.717) is 0 Å². The highest BCUT2D eigenvalue weighted by molar-refractivity contribution is 14.1. The van der Waals surface area contributed by atoms with Gasteiger partial charge in [-0.25, -0.2) is 0 Å². The molecule has 0 radical (unpaired) electrons. The Morgan fingerprint density at radius 2 is 2.29 bits per heavy atom. The topological polar surface area (TPSA) is 3.24 Å². The van der Waals surface area contributed by atoms with Crippen LogP contribution in [-0.4, -0.2) is 8.77 Å². The van der Waals surface area contributed by atoms with Crippen molar-refractivity contribution in [2.45, 2.75) is 6.92 Å². The normalized spacial score (nSPS) is 10.1. The van der Waals surface area contributed by atoms with Crippen molar-refractivity contribution in [3.8, 4) is 0 Å². The number of hydrogen-bond acceptors (Lipinski definition) is 2. The van der Waals surface area contributed by atoms with Crippen LogP contribution in [0.2, 0.25) is 0 Å². The van der Waals surface area contributed by atoms with E-state index < -0.39 is 0 Å².